The molecule has 0 spiro atoms. The number of nitrogens with one attached hydrogen (secondary N) is 1. The lowest BCUT2D eigenvalue weighted by Gasteiger charge is -2.33. The van der Waals surface area contributed by atoms with E-state index in [4.69, 9.17) is 0 Å². The first-order valence-corrected chi connectivity index (χ1v) is 5.01. The molecule has 0 heterocycles. The third kappa shape index (κ3) is 3.11. The van der Waals surface area contributed by atoms with E-state index in [9.17, 15) is 0 Å². The molecule has 0 aromatic heterocycles. The predicted molar refractivity (Wildman–Crippen MR) is 52.8 cm³/mol. The zero-order chi connectivity index (χ0) is 9.14. The second-order valence-corrected chi connectivity index (χ2v) is 4.64. The zero-order valence-electron chi connectivity index (χ0n) is 8.80. The second kappa shape index (κ2) is 4.24. The third-order valence-corrected chi connectivity index (χ3v) is 2.62. The van der Waals surface area contributed by atoms with E-state index in [-0.39, 0.29) is 0 Å². The van der Waals surface area contributed by atoms with Crippen LogP contribution in [0.25, 0.3) is 0 Å². The van der Waals surface area contributed by atoms with Crippen LogP contribution in [0.2, 0.25) is 0 Å². The van der Waals surface area contributed by atoms with Crippen LogP contribution in [-0.4, -0.2) is 25.1 Å². The molecule has 2 atom stereocenters. The Kier molecular flexibility index (Phi) is 3.53. The standard InChI is InChI=1S/C10H22N2/c1-8-5-9(2)7-10(6-8)11-12(3)4/h8-11H,5-7H2,1-4H3. The van der Waals surface area contributed by atoms with Gasteiger partial charge in [0.05, 0.1) is 0 Å². The quantitative estimate of drug-likeness (QED) is 0.637. The molecule has 0 aromatic carbocycles. The maximum Gasteiger partial charge on any atom is 0.0220 e. The average Bonchev–Trinajstić information content (AvgIpc) is 1.81. The molecule has 0 aliphatic heterocycles. The summed E-state index contributed by atoms with van der Waals surface area (Å²) in [4.78, 5) is 0. The first-order chi connectivity index (χ1) is 5.58. The van der Waals surface area contributed by atoms with Crippen molar-refractivity contribution in [2.75, 3.05) is 14.1 Å². The Balaban J connectivity index is 2.34. The summed E-state index contributed by atoms with van der Waals surface area (Å²) >= 11 is 0. The fourth-order valence-corrected chi connectivity index (χ4v) is 2.42. The molecule has 0 amide bonds. The van der Waals surface area contributed by atoms with Crippen LogP contribution in [-0.2, 0) is 0 Å². The predicted octanol–water partition coefficient (Wildman–Crippen LogP) is 1.88. The van der Waals surface area contributed by atoms with Gasteiger partial charge in [-0.15, -0.1) is 0 Å². The van der Waals surface area contributed by atoms with Crippen molar-refractivity contribution in [3.8, 4) is 0 Å². The molecule has 1 rings (SSSR count). The number of rotatable bonds is 2. The van der Waals surface area contributed by atoms with Gasteiger partial charge in [-0.3, -0.25) is 10.4 Å². The fraction of sp³-hybridized carbons (Fsp3) is 1.00. The van der Waals surface area contributed by atoms with Gasteiger partial charge >= 0.3 is 0 Å². The first-order valence-electron chi connectivity index (χ1n) is 5.01. The Labute approximate surface area is 76.3 Å². The van der Waals surface area contributed by atoms with Crippen molar-refractivity contribution in [3.63, 3.8) is 0 Å². The van der Waals surface area contributed by atoms with Gasteiger partial charge in [-0.05, 0) is 31.1 Å². The minimum Gasteiger partial charge on any atom is -0.253 e. The van der Waals surface area contributed by atoms with Crippen molar-refractivity contribution >= 4 is 0 Å². The van der Waals surface area contributed by atoms with Gasteiger partial charge in [0.25, 0.3) is 0 Å². The molecule has 0 aromatic rings. The molecular formula is C10H22N2. The van der Waals surface area contributed by atoms with Crippen LogP contribution in [0.5, 0.6) is 0 Å². The van der Waals surface area contributed by atoms with Crippen LogP contribution in [0.1, 0.15) is 33.1 Å². The monoisotopic (exact) mass is 170 g/mol. The molecule has 0 saturated heterocycles. The van der Waals surface area contributed by atoms with E-state index in [1.807, 2.05) is 0 Å². The topological polar surface area (TPSA) is 15.3 Å². The van der Waals surface area contributed by atoms with Gasteiger partial charge in [0.1, 0.15) is 0 Å². The molecule has 12 heavy (non-hydrogen) atoms. The van der Waals surface area contributed by atoms with E-state index in [1.54, 1.807) is 0 Å². The largest absolute Gasteiger partial charge is 0.253 e. The minimum atomic E-state index is 0.707. The molecule has 1 fully saturated rings. The van der Waals surface area contributed by atoms with Crippen LogP contribution in [0.4, 0.5) is 0 Å². The van der Waals surface area contributed by atoms with Crippen molar-refractivity contribution in [1.82, 2.24) is 10.4 Å². The van der Waals surface area contributed by atoms with Gasteiger partial charge in [0, 0.05) is 20.1 Å². The van der Waals surface area contributed by atoms with Crippen LogP contribution in [0, 0.1) is 11.8 Å². The van der Waals surface area contributed by atoms with E-state index in [1.165, 1.54) is 19.3 Å². The fourth-order valence-electron chi connectivity index (χ4n) is 2.42. The van der Waals surface area contributed by atoms with E-state index in [2.05, 4.69) is 38.4 Å². The maximum absolute atomic E-state index is 3.48. The molecule has 1 aliphatic rings. The lowest BCUT2D eigenvalue weighted by molar-refractivity contribution is 0.158. The number of hydrogen-bond acceptors (Lipinski definition) is 2. The van der Waals surface area contributed by atoms with Crippen LogP contribution >= 0.6 is 0 Å². The molecule has 1 N–H and O–H groups in total. The molecule has 1 aliphatic carbocycles. The molecule has 1 saturated carbocycles. The van der Waals surface area contributed by atoms with Crippen molar-refractivity contribution in [2.45, 2.75) is 39.2 Å². The van der Waals surface area contributed by atoms with E-state index >= 15 is 0 Å². The van der Waals surface area contributed by atoms with Crippen LogP contribution < -0.4 is 5.43 Å². The van der Waals surface area contributed by atoms with Crippen molar-refractivity contribution in [1.29, 1.82) is 0 Å². The Morgan fingerprint density at radius 1 is 1.00 bits per heavy atom. The van der Waals surface area contributed by atoms with Gasteiger partial charge in [0.15, 0.2) is 0 Å². The highest BCUT2D eigenvalue weighted by atomic mass is 15.5. The lowest BCUT2D eigenvalue weighted by Crippen LogP contribution is -2.43. The first kappa shape index (κ1) is 10.0. The number of nitrogens with zero attached hydrogens (tertiary/aromatic N) is 1. The summed E-state index contributed by atoms with van der Waals surface area (Å²) in [6.07, 6.45) is 4.08. The summed E-state index contributed by atoms with van der Waals surface area (Å²) in [6, 6.07) is 0.707. The molecule has 2 heteroatoms. The maximum atomic E-state index is 3.48. The highest BCUT2D eigenvalue weighted by molar-refractivity contribution is 4.78. The summed E-state index contributed by atoms with van der Waals surface area (Å²) in [5.74, 6) is 1.79. The molecule has 2 nitrogen and oxygen atoms in total. The normalized spacial score (nSPS) is 37.2. The lowest BCUT2D eigenvalue weighted by atomic mass is 9.81. The Bertz CT molecular complexity index is 121. The molecule has 72 valence electrons. The molecule has 0 radical (unpaired) electrons. The van der Waals surface area contributed by atoms with Gasteiger partial charge in [0.2, 0.25) is 0 Å². The summed E-state index contributed by atoms with van der Waals surface area (Å²) in [5.41, 5.74) is 3.48. The smallest absolute Gasteiger partial charge is 0.0220 e. The third-order valence-electron chi connectivity index (χ3n) is 2.62. The Hall–Kier alpha value is -0.0800. The van der Waals surface area contributed by atoms with Gasteiger partial charge in [-0.2, -0.15) is 0 Å². The summed E-state index contributed by atoms with van der Waals surface area (Å²) in [7, 11) is 4.15. The SMILES string of the molecule is CC1CC(C)CC(NN(C)C)C1. The number of hydrazine groups is 1. The zero-order valence-corrected chi connectivity index (χ0v) is 8.80. The highest BCUT2D eigenvalue weighted by Gasteiger charge is 2.23. The van der Waals surface area contributed by atoms with Crippen molar-refractivity contribution in [3.05, 3.63) is 0 Å². The van der Waals surface area contributed by atoms with Gasteiger partial charge in [-0.25, -0.2) is 0 Å². The van der Waals surface area contributed by atoms with Crippen LogP contribution in [0.15, 0.2) is 0 Å². The second-order valence-electron chi connectivity index (χ2n) is 4.64. The minimum absolute atomic E-state index is 0.707. The highest BCUT2D eigenvalue weighted by Crippen LogP contribution is 2.28. The summed E-state index contributed by atoms with van der Waals surface area (Å²) in [6.45, 7) is 4.72. The van der Waals surface area contributed by atoms with Crippen LogP contribution in [0.3, 0.4) is 0 Å². The number of hydrogen-bond donors (Lipinski definition) is 1. The van der Waals surface area contributed by atoms with E-state index in [0.717, 1.165) is 11.8 Å². The van der Waals surface area contributed by atoms with Gasteiger partial charge < -0.3 is 0 Å². The Morgan fingerprint density at radius 3 is 1.92 bits per heavy atom. The molecule has 0 bridgehead atoms. The Morgan fingerprint density at radius 2 is 1.50 bits per heavy atom. The summed E-state index contributed by atoms with van der Waals surface area (Å²) in [5, 5.41) is 2.08. The molecular weight excluding hydrogens is 148 g/mol. The van der Waals surface area contributed by atoms with Crippen molar-refractivity contribution in [2.24, 2.45) is 11.8 Å². The average molecular weight is 170 g/mol. The van der Waals surface area contributed by atoms with Gasteiger partial charge in [-0.1, -0.05) is 13.8 Å². The summed E-state index contributed by atoms with van der Waals surface area (Å²) < 4.78 is 0. The van der Waals surface area contributed by atoms with E-state index < -0.39 is 0 Å². The van der Waals surface area contributed by atoms with Crippen molar-refractivity contribution < 1.29 is 0 Å². The van der Waals surface area contributed by atoms with E-state index in [0.29, 0.717) is 6.04 Å². The molecule has 2 unspecified atom stereocenters.